The number of carbonyl (C=O) groups is 2. The highest BCUT2D eigenvalue weighted by Gasteiger charge is 2.38. The monoisotopic (exact) mass is 319 g/mol. The van der Waals surface area contributed by atoms with Gasteiger partial charge in [0, 0.05) is 12.1 Å². The summed E-state index contributed by atoms with van der Waals surface area (Å²) in [5.74, 6) is -0.765. The molecule has 1 saturated carbocycles. The number of aromatic nitrogens is 1. The maximum absolute atomic E-state index is 12.4. The average Bonchev–Trinajstić information content (AvgIpc) is 2.55. The molecule has 1 aromatic rings. The third kappa shape index (κ3) is 3.02. The Morgan fingerprint density at radius 2 is 2.04 bits per heavy atom. The largest absolute Gasteiger partial charge is 0.462 e. The Labute approximate surface area is 134 Å². The Hall–Kier alpha value is -2.11. The number of ether oxygens (including phenoxy) is 2. The summed E-state index contributed by atoms with van der Waals surface area (Å²) in [6, 6.07) is 0. The lowest BCUT2D eigenvalue weighted by atomic mass is 9.74. The van der Waals surface area contributed by atoms with E-state index in [2.05, 4.69) is 4.98 Å². The van der Waals surface area contributed by atoms with Crippen LogP contribution >= 0.6 is 0 Å². The van der Waals surface area contributed by atoms with Gasteiger partial charge >= 0.3 is 11.9 Å². The Morgan fingerprint density at radius 1 is 1.30 bits per heavy atom. The van der Waals surface area contributed by atoms with Gasteiger partial charge in [-0.2, -0.15) is 0 Å². The first-order chi connectivity index (χ1) is 11.1. The van der Waals surface area contributed by atoms with Crippen LogP contribution in [0.2, 0.25) is 0 Å². The molecule has 23 heavy (non-hydrogen) atoms. The highest BCUT2D eigenvalue weighted by molar-refractivity contribution is 5.94. The topological polar surface area (TPSA) is 85.5 Å². The minimum atomic E-state index is -0.586. The fraction of sp³-hybridized carbons (Fsp3) is 0.588. The molecule has 3 rings (SSSR count). The number of H-pyrrole nitrogens is 1. The molecule has 2 heterocycles. The van der Waals surface area contributed by atoms with Crippen molar-refractivity contribution in [3.8, 4) is 5.75 Å². The van der Waals surface area contributed by atoms with Gasteiger partial charge in [0.05, 0.1) is 18.6 Å². The van der Waals surface area contributed by atoms with Crippen LogP contribution in [0.4, 0.5) is 0 Å². The van der Waals surface area contributed by atoms with E-state index in [4.69, 9.17) is 9.47 Å². The van der Waals surface area contributed by atoms with Crippen molar-refractivity contribution >= 4 is 11.9 Å². The van der Waals surface area contributed by atoms with Crippen LogP contribution in [0.1, 0.15) is 67.3 Å². The molecule has 6 heteroatoms. The number of hydrogen-bond donors (Lipinski definition) is 1. The first kappa shape index (κ1) is 15.8. The summed E-state index contributed by atoms with van der Waals surface area (Å²) in [7, 11) is 0. The number of rotatable bonds is 3. The molecule has 1 aliphatic carbocycles. The van der Waals surface area contributed by atoms with Gasteiger partial charge in [0.15, 0.2) is 5.75 Å². The van der Waals surface area contributed by atoms with Gasteiger partial charge in [-0.1, -0.05) is 19.3 Å². The molecular formula is C17H21NO5. The third-order valence-corrected chi connectivity index (χ3v) is 4.77. The summed E-state index contributed by atoms with van der Waals surface area (Å²) in [4.78, 5) is 39.1. The van der Waals surface area contributed by atoms with Crippen molar-refractivity contribution in [2.75, 3.05) is 6.61 Å². The predicted octanol–water partition coefficient (Wildman–Crippen LogP) is 2.52. The van der Waals surface area contributed by atoms with Gasteiger partial charge in [0.2, 0.25) is 0 Å². The number of fused-ring (bicyclic) bond motifs is 1. The van der Waals surface area contributed by atoms with Crippen molar-refractivity contribution < 1.29 is 19.1 Å². The van der Waals surface area contributed by atoms with Gasteiger partial charge in [-0.3, -0.25) is 9.59 Å². The standard InChI is InChI=1S/C17H21NO5/c1-2-22-17(21)12-9-18-16(20)14-11(8-13(19)23-15(12)14)10-6-4-3-5-7-10/h9-11H,2-8H2,1H3,(H,18,20). The van der Waals surface area contributed by atoms with E-state index < -0.39 is 5.97 Å². The summed E-state index contributed by atoms with van der Waals surface area (Å²) in [5, 5.41) is 0. The van der Waals surface area contributed by atoms with Crippen molar-refractivity contribution in [3.05, 3.63) is 27.7 Å². The molecule has 1 fully saturated rings. The van der Waals surface area contributed by atoms with Gasteiger partial charge in [-0.25, -0.2) is 4.79 Å². The molecule has 1 aromatic heterocycles. The van der Waals surface area contributed by atoms with E-state index >= 15 is 0 Å². The van der Waals surface area contributed by atoms with E-state index in [9.17, 15) is 14.4 Å². The van der Waals surface area contributed by atoms with Crippen LogP contribution in [0.15, 0.2) is 11.0 Å². The van der Waals surface area contributed by atoms with Crippen molar-refractivity contribution in [1.82, 2.24) is 4.98 Å². The second kappa shape index (κ2) is 6.56. The first-order valence-corrected chi connectivity index (χ1v) is 8.25. The molecule has 6 nitrogen and oxygen atoms in total. The Kier molecular flexibility index (Phi) is 4.50. The molecule has 1 aliphatic heterocycles. The molecule has 0 amide bonds. The van der Waals surface area contributed by atoms with E-state index in [1.807, 2.05) is 0 Å². The number of hydrogen-bond acceptors (Lipinski definition) is 5. The van der Waals surface area contributed by atoms with Gasteiger partial charge in [-0.05, 0) is 25.7 Å². The van der Waals surface area contributed by atoms with Gasteiger partial charge in [0.25, 0.3) is 5.56 Å². The maximum Gasteiger partial charge on any atom is 0.343 e. The second-order valence-electron chi connectivity index (χ2n) is 6.18. The molecule has 124 valence electrons. The van der Waals surface area contributed by atoms with Crippen LogP contribution in [-0.4, -0.2) is 23.5 Å². The number of esters is 2. The van der Waals surface area contributed by atoms with Gasteiger partial charge in [-0.15, -0.1) is 0 Å². The minimum Gasteiger partial charge on any atom is -0.462 e. The molecule has 2 aliphatic rings. The zero-order valence-electron chi connectivity index (χ0n) is 13.2. The first-order valence-electron chi connectivity index (χ1n) is 8.25. The summed E-state index contributed by atoms with van der Waals surface area (Å²) in [5.41, 5.74) is 0.272. The molecule has 0 aromatic carbocycles. The Morgan fingerprint density at radius 3 is 2.74 bits per heavy atom. The molecule has 0 saturated heterocycles. The van der Waals surface area contributed by atoms with Crippen LogP contribution in [0.5, 0.6) is 5.75 Å². The SMILES string of the molecule is CCOC(=O)c1c[nH]c(=O)c2c1OC(=O)CC2C1CCCCC1. The lowest BCUT2D eigenvalue weighted by Crippen LogP contribution is -2.33. The molecular weight excluding hydrogens is 298 g/mol. The quantitative estimate of drug-likeness (QED) is 0.865. The molecule has 0 spiro atoms. The van der Waals surface area contributed by atoms with Crippen LogP contribution in [0, 0.1) is 5.92 Å². The molecule has 1 atom stereocenters. The van der Waals surface area contributed by atoms with Crippen molar-refractivity contribution in [2.45, 2.75) is 51.4 Å². The van der Waals surface area contributed by atoms with E-state index in [-0.39, 0.29) is 47.7 Å². The van der Waals surface area contributed by atoms with Crippen LogP contribution in [0.25, 0.3) is 0 Å². The van der Waals surface area contributed by atoms with Crippen LogP contribution in [0.3, 0.4) is 0 Å². The molecule has 0 radical (unpaired) electrons. The number of pyridine rings is 1. The minimum absolute atomic E-state index is 0.0963. The number of carbonyl (C=O) groups excluding carboxylic acids is 2. The van der Waals surface area contributed by atoms with Gasteiger partial charge < -0.3 is 14.5 Å². The summed E-state index contributed by atoms with van der Waals surface area (Å²) in [6.45, 7) is 1.92. The van der Waals surface area contributed by atoms with Crippen molar-refractivity contribution in [3.63, 3.8) is 0 Å². The highest BCUT2D eigenvalue weighted by Crippen LogP contribution is 2.43. The maximum atomic E-state index is 12.4. The lowest BCUT2D eigenvalue weighted by Gasteiger charge is -2.33. The van der Waals surface area contributed by atoms with E-state index in [0.29, 0.717) is 5.56 Å². The Bertz CT molecular complexity index is 672. The molecule has 1 N–H and O–H groups in total. The predicted molar refractivity (Wildman–Crippen MR) is 82.6 cm³/mol. The van der Waals surface area contributed by atoms with Gasteiger partial charge in [0.1, 0.15) is 5.56 Å². The zero-order chi connectivity index (χ0) is 16.4. The molecule has 0 bridgehead atoms. The van der Waals surface area contributed by atoms with E-state index in [0.717, 1.165) is 25.7 Å². The Balaban J connectivity index is 2.06. The fourth-order valence-electron chi connectivity index (χ4n) is 3.71. The van der Waals surface area contributed by atoms with Crippen molar-refractivity contribution in [1.29, 1.82) is 0 Å². The second-order valence-corrected chi connectivity index (χ2v) is 6.18. The van der Waals surface area contributed by atoms with Crippen molar-refractivity contribution in [2.24, 2.45) is 5.92 Å². The van der Waals surface area contributed by atoms with E-state index in [1.165, 1.54) is 12.6 Å². The van der Waals surface area contributed by atoms with Crippen LogP contribution < -0.4 is 10.3 Å². The fourth-order valence-corrected chi connectivity index (χ4v) is 3.71. The number of nitrogens with one attached hydrogen (secondary N) is 1. The number of aromatic amines is 1. The molecule has 1 unspecified atom stereocenters. The lowest BCUT2D eigenvalue weighted by molar-refractivity contribution is -0.136. The van der Waals surface area contributed by atoms with E-state index in [1.54, 1.807) is 6.92 Å². The summed E-state index contributed by atoms with van der Waals surface area (Å²) < 4.78 is 10.3. The zero-order valence-corrected chi connectivity index (χ0v) is 13.2. The average molecular weight is 319 g/mol. The summed E-state index contributed by atoms with van der Waals surface area (Å²) >= 11 is 0. The highest BCUT2D eigenvalue weighted by atomic mass is 16.5. The van der Waals surface area contributed by atoms with Crippen LogP contribution in [-0.2, 0) is 9.53 Å². The summed E-state index contributed by atoms with van der Waals surface area (Å²) in [6.07, 6.45) is 6.89. The smallest absolute Gasteiger partial charge is 0.343 e. The normalized spacial score (nSPS) is 21.4. The third-order valence-electron chi connectivity index (χ3n) is 4.77.